The third kappa shape index (κ3) is 3.84. The zero-order chi connectivity index (χ0) is 13.7. The van der Waals surface area contributed by atoms with Crippen LogP contribution in [0.3, 0.4) is 0 Å². The Morgan fingerprint density at radius 2 is 2.32 bits per heavy atom. The summed E-state index contributed by atoms with van der Waals surface area (Å²) >= 11 is 4.90. The third-order valence-electron chi connectivity index (χ3n) is 2.90. The van der Waals surface area contributed by atoms with Crippen molar-refractivity contribution in [2.75, 3.05) is 6.54 Å². The molecule has 5 heteroatoms. The lowest BCUT2D eigenvalue weighted by Gasteiger charge is -2.17. The van der Waals surface area contributed by atoms with Crippen LogP contribution in [0.5, 0.6) is 0 Å². The highest BCUT2D eigenvalue weighted by atomic mass is 79.9. The lowest BCUT2D eigenvalue weighted by Crippen LogP contribution is -2.24. The normalized spacial score (nSPS) is 12.6. The summed E-state index contributed by atoms with van der Waals surface area (Å²) in [6, 6.07) is 5.28. The van der Waals surface area contributed by atoms with E-state index < -0.39 is 0 Å². The summed E-state index contributed by atoms with van der Waals surface area (Å²) in [5, 5.41) is 5.51. The van der Waals surface area contributed by atoms with Crippen LogP contribution in [0.1, 0.15) is 30.6 Å². The van der Waals surface area contributed by atoms with E-state index in [-0.39, 0.29) is 11.9 Å². The molecule has 0 saturated carbocycles. The van der Waals surface area contributed by atoms with Crippen LogP contribution in [0.2, 0.25) is 0 Å². The minimum absolute atomic E-state index is 0.129. The highest BCUT2D eigenvalue weighted by Crippen LogP contribution is 2.26. The second-order valence-electron chi connectivity index (χ2n) is 4.34. The molecule has 2 rings (SSSR count). The molecule has 1 aromatic heterocycles. The van der Waals surface area contributed by atoms with Gasteiger partial charge in [-0.05, 0) is 46.9 Å². The van der Waals surface area contributed by atoms with Gasteiger partial charge in [0.25, 0.3) is 0 Å². The van der Waals surface area contributed by atoms with Gasteiger partial charge in [-0.2, -0.15) is 0 Å². The van der Waals surface area contributed by atoms with Crippen molar-refractivity contribution < 1.29 is 4.39 Å². The van der Waals surface area contributed by atoms with Crippen LogP contribution >= 0.6 is 27.3 Å². The Kier molecular flexibility index (Phi) is 5.48. The van der Waals surface area contributed by atoms with Gasteiger partial charge in [0, 0.05) is 5.38 Å². The fraction of sp³-hybridized carbons (Fsp3) is 0.357. The summed E-state index contributed by atoms with van der Waals surface area (Å²) in [7, 11) is 0. The van der Waals surface area contributed by atoms with Gasteiger partial charge in [0.2, 0.25) is 0 Å². The van der Waals surface area contributed by atoms with Gasteiger partial charge in [-0.1, -0.05) is 19.1 Å². The molecule has 1 N–H and O–H groups in total. The average Bonchev–Trinajstić information content (AvgIpc) is 2.93. The van der Waals surface area contributed by atoms with Gasteiger partial charge >= 0.3 is 0 Å². The molecule has 0 fully saturated rings. The topological polar surface area (TPSA) is 24.9 Å². The van der Waals surface area contributed by atoms with Crippen LogP contribution in [0.4, 0.5) is 4.39 Å². The first-order valence-corrected chi connectivity index (χ1v) is 8.00. The quantitative estimate of drug-likeness (QED) is 0.845. The van der Waals surface area contributed by atoms with Gasteiger partial charge in [0.1, 0.15) is 5.82 Å². The smallest absolute Gasteiger partial charge is 0.137 e. The first-order chi connectivity index (χ1) is 9.22. The number of rotatable bonds is 6. The third-order valence-corrected chi connectivity index (χ3v) is 4.40. The molecule has 1 aromatic carbocycles. The number of hydrogen-bond acceptors (Lipinski definition) is 3. The molecule has 2 nitrogen and oxygen atoms in total. The molecule has 0 spiro atoms. The summed E-state index contributed by atoms with van der Waals surface area (Å²) in [4.78, 5) is 4.36. The van der Waals surface area contributed by atoms with E-state index >= 15 is 0 Å². The highest BCUT2D eigenvalue weighted by Gasteiger charge is 2.16. The molecule has 19 heavy (non-hydrogen) atoms. The number of nitrogens with one attached hydrogen (secondary N) is 1. The molecule has 0 bridgehead atoms. The second-order valence-corrected chi connectivity index (χ2v) is 5.85. The predicted molar refractivity (Wildman–Crippen MR) is 81.0 cm³/mol. The van der Waals surface area contributed by atoms with Crippen LogP contribution < -0.4 is 5.32 Å². The fourth-order valence-electron chi connectivity index (χ4n) is 1.92. The van der Waals surface area contributed by atoms with Crippen LogP contribution in [-0.4, -0.2) is 11.5 Å². The second kappa shape index (κ2) is 7.12. The van der Waals surface area contributed by atoms with Gasteiger partial charge < -0.3 is 5.32 Å². The molecular formula is C14H16BrFN2S. The maximum absolute atomic E-state index is 13.5. The van der Waals surface area contributed by atoms with Crippen molar-refractivity contribution in [3.63, 3.8) is 0 Å². The molecule has 2 aromatic rings. The Labute approximate surface area is 125 Å². The minimum Gasteiger partial charge on any atom is -0.308 e. The monoisotopic (exact) mass is 342 g/mol. The van der Waals surface area contributed by atoms with E-state index in [0.29, 0.717) is 4.47 Å². The molecule has 0 aliphatic carbocycles. The fourth-order valence-corrected chi connectivity index (χ4v) is 2.95. The Morgan fingerprint density at radius 1 is 1.47 bits per heavy atom. The van der Waals surface area contributed by atoms with Crippen molar-refractivity contribution in [1.82, 2.24) is 10.3 Å². The van der Waals surface area contributed by atoms with Gasteiger partial charge in [0.05, 0.1) is 21.7 Å². The molecule has 0 radical (unpaired) electrons. The van der Waals surface area contributed by atoms with Crippen LogP contribution in [0.25, 0.3) is 0 Å². The molecule has 1 atom stereocenters. The Bertz CT molecular complexity index is 516. The van der Waals surface area contributed by atoms with E-state index in [1.807, 2.05) is 17.0 Å². The molecule has 0 amide bonds. The number of thiazole rings is 1. The predicted octanol–water partition coefficient (Wildman–Crippen LogP) is 4.33. The maximum Gasteiger partial charge on any atom is 0.137 e. The largest absolute Gasteiger partial charge is 0.308 e. The molecule has 0 aliphatic heterocycles. The lowest BCUT2D eigenvalue weighted by molar-refractivity contribution is 0.517. The standard InChI is InChI=1S/C14H16BrFN2S/c1-2-6-17-12(13-8-19-9-18-13)7-10-4-3-5-11(16)14(10)15/h3-5,8-9,12,17H,2,6-7H2,1H3. The van der Waals surface area contributed by atoms with E-state index in [9.17, 15) is 4.39 Å². The van der Waals surface area contributed by atoms with Crippen molar-refractivity contribution in [1.29, 1.82) is 0 Å². The number of nitrogens with zero attached hydrogens (tertiary/aromatic N) is 1. The van der Waals surface area contributed by atoms with Gasteiger partial charge in [-0.3, -0.25) is 0 Å². The van der Waals surface area contributed by atoms with Crippen molar-refractivity contribution in [3.8, 4) is 0 Å². The van der Waals surface area contributed by atoms with E-state index in [2.05, 4.69) is 33.2 Å². The van der Waals surface area contributed by atoms with E-state index in [0.717, 1.165) is 30.6 Å². The minimum atomic E-state index is -0.218. The van der Waals surface area contributed by atoms with Gasteiger partial charge in [-0.15, -0.1) is 11.3 Å². The Morgan fingerprint density at radius 3 is 3.00 bits per heavy atom. The molecule has 102 valence electrons. The Hall–Kier alpha value is -0.780. The zero-order valence-corrected chi connectivity index (χ0v) is 13.1. The van der Waals surface area contributed by atoms with E-state index in [4.69, 9.17) is 0 Å². The molecule has 0 saturated heterocycles. The van der Waals surface area contributed by atoms with Crippen LogP contribution in [-0.2, 0) is 6.42 Å². The summed E-state index contributed by atoms with van der Waals surface area (Å²) in [5.41, 5.74) is 3.81. The number of hydrogen-bond donors (Lipinski definition) is 1. The van der Waals surface area contributed by atoms with Crippen molar-refractivity contribution >= 4 is 27.3 Å². The van der Waals surface area contributed by atoms with Crippen molar-refractivity contribution in [2.45, 2.75) is 25.8 Å². The van der Waals surface area contributed by atoms with E-state index in [1.54, 1.807) is 17.4 Å². The maximum atomic E-state index is 13.5. The van der Waals surface area contributed by atoms with Crippen LogP contribution in [0, 0.1) is 5.82 Å². The summed E-state index contributed by atoms with van der Waals surface area (Å²) in [6.45, 7) is 3.05. The zero-order valence-electron chi connectivity index (χ0n) is 10.7. The summed E-state index contributed by atoms with van der Waals surface area (Å²) < 4.78 is 14.1. The SMILES string of the molecule is CCCNC(Cc1cccc(F)c1Br)c1cscn1. The van der Waals surface area contributed by atoms with Crippen molar-refractivity contribution in [3.05, 3.63) is 50.6 Å². The molecular weight excluding hydrogens is 327 g/mol. The molecule has 1 unspecified atom stereocenters. The van der Waals surface area contributed by atoms with E-state index in [1.165, 1.54) is 6.07 Å². The van der Waals surface area contributed by atoms with Crippen LogP contribution in [0.15, 0.2) is 33.6 Å². The first-order valence-electron chi connectivity index (χ1n) is 6.26. The number of halogens is 2. The molecule has 1 heterocycles. The van der Waals surface area contributed by atoms with Gasteiger partial charge in [0.15, 0.2) is 0 Å². The Balaban J connectivity index is 2.18. The molecule has 0 aliphatic rings. The number of aromatic nitrogens is 1. The lowest BCUT2D eigenvalue weighted by atomic mass is 10.0. The average molecular weight is 343 g/mol. The highest BCUT2D eigenvalue weighted by molar-refractivity contribution is 9.10. The van der Waals surface area contributed by atoms with Gasteiger partial charge in [-0.25, -0.2) is 9.37 Å². The number of benzene rings is 1. The van der Waals surface area contributed by atoms with Crippen molar-refractivity contribution in [2.24, 2.45) is 0 Å². The first kappa shape index (κ1) is 14.6. The summed E-state index contributed by atoms with van der Waals surface area (Å²) in [5.74, 6) is -0.218. The summed E-state index contributed by atoms with van der Waals surface area (Å²) in [6.07, 6.45) is 1.78.